The van der Waals surface area contributed by atoms with Crippen molar-refractivity contribution in [1.29, 1.82) is 0 Å². The molecule has 1 heterocycles. The second-order valence-corrected chi connectivity index (χ2v) is 4.55. The molecule has 5 heteroatoms. The summed E-state index contributed by atoms with van der Waals surface area (Å²) in [6.07, 6.45) is 1.62. The zero-order valence-electron chi connectivity index (χ0n) is 11.5. The van der Waals surface area contributed by atoms with Gasteiger partial charge in [-0.25, -0.2) is 4.98 Å². The van der Waals surface area contributed by atoms with Crippen LogP contribution in [0.1, 0.15) is 13.8 Å². The Morgan fingerprint density at radius 3 is 2.74 bits per heavy atom. The minimum atomic E-state index is -0.0237. The molecule has 2 rings (SSSR count). The molecule has 0 saturated carbocycles. The molecule has 2 aromatic rings. The summed E-state index contributed by atoms with van der Waals surface area (Å²) in [5.74, 6) is 0. The molecule has 5 nitrogen and oxygen atoms in total. The topological polar surface area (TPSA) is 64.2 Å². The van der Waals surface area contributed by atoms with Crippen molar-refractivity contribution in [2.75, 3.05) is 25.4 Å². The molecule has 102 valence electrons. The smallest absolute Gasteiger partial charge is 0.261 e. The molecule has 0 aliphatic rings. The Kier molecular flexibility index (Phi) is 4.16. The van der Waals surface area contributed by atoms with Gasteiger partial charge in [0.15, 0.2) is 0 Å². The van der Waals surface area contributed by atoms with Crippen molar-refractivity contribution in [2.24, 2.45) is 0 Å². The predicted molar refractivity (Wildman–Crippen MR) is 78.2 cm³/mol. The summed E-state index contributed by atoms with van der Waals surface area (Å²) in [5, 5.41) is 0.585. The van der Waals surface area contributed by atoms with Gasteiger partial charge in [0.2, 0.25) is 0 Å². The van der Waals surface area contributed by atoms with Crippen molar-refractivity contribution < 1.29 is 0 Å². The number of benzene rings is 1. The highest BCUT2D eigenvalue weighted by Gasteiger charge is 2.06. The highest BCUT2D eigenvalue weighted by atomic mass is 16.1. The van der Waals surface area contributed by atoms with Crippen molar-refractivity contribution in [2.45, 2.75) is 20.4 Å². The highest BCUT2D eigenvalue weighted by molar-refractivity contribution is 5.80. The molecule has 0 unspecified atom stereocenters. The van der Waals surface area contributed by atoms with Crippen molar-refractivity contribution in [3.05, 3.63) is 34.9 Å². The molecule has 0 bridgehead atoms. The van der Waals surface area contributed by atoms with Gasteiger partial charge in [0.25, 0.3) is 5.56 Å². The van der Waals surface area contributed by atoms with E-state index in [1.54, 1.807) is 29.1 Å². The summed E-state index contributed by atoms with van der Waals surface area (Å²) in [6, 6.07) is 5.23. The fourth-order valence-corrected chi connectivity index (χ4v) is 2.12. The SMILES string of the molecule is CCN(CC)CCn1cnc2ccc(N)cc2c1=O. The highest BCUT2D eigenvalue weighted by Crippen LogP contribution is 2.10. The lowest BCUT2D eigenvalue weighted by atomic mass is 10.2. The van der Waals surface area contributed by atoms with Gasteiger partial charge in [-0.15, -0.1) is 0 Å². The van der Waals surface area contributed by atoms with Crippen LogP contribution in [0, 0.1) is 0 Å². The minimum absolute atomic E-state index is 0.0237. The van der Waals surface area contributed by atoms with Gasteiger partial charge in [-0.05, 0) is 31.3 Å². The van der Waals surface area contributed by atoms with Crippen LogP contribution in [-0.2, 0) is 6.54 Å². The molecule has 2 N–H and O–H groups in total. The number of nitrogens with two attached hydrogens (primary N) is 1. The number of aromatic nitrogens is 2. The number of anilines is 1. The summed E-state index contributed by atoms with van der Waals surface area (Å²) in [5.41, 5.74) is 6.98. The maximum atomic E-state index is 12.3. The van der Waals surface area contributed by atoms with Crippen molar-refractivity contribution in [3.8, 4) is 0 Å². The van der Waals surface area contributed by atoms with Crippen LogP contribution < -0.4 is 11.3 Å². The number of rotatable bonds is 5. The van der Waals surface area contributed by atoms with Crippen molar-refractivity contribution in [1.82, 2.24) is 14.5 Å². The average Bonchev–Trinajstić information content (AvgIpc) is 2.42. The van der Waals surface area contributed by atoms with Gasteiger partial charge >= 0.3 is 0 Å². The zero-order valence-corrected chi connectivity index (χ0v) is 11.5. The van der Waals surface area contributed by atoms with Crippen LogP contribution in [0.4, 0.5) is 5.69 Å². The van der Waals surface area contributed by atoms with Gasteiger partial charge in [0, 0.05) is 18.8 Å². The average molecular weight is 260 g/mol. The van der Waals surface area contributed by atoms with Gasteiger partial charge in [0.1, 0.15) is 0 Å². The lowest BCUT2D eigenvalue weighted by Gasteiger charge is -2.18. The first-order valence-electron chi connectivity index (χ1n) is 6.62. The third kappa shape index (κ3) is 2.93. The van der Waals surface area contributed by atoms with E-state index in [4.69, 9.17) is 5.73 Å². The molecule has 19 heavy (non-hydrogen) atoms. The van der Waals surface area contributed by atoms with Crippen LogP contribution in [0.25, 0.3) is 10.9 Å². The molecule has 1 aromatic heterocycles. The lowest BCUT2D eigenvalue weighted by Crippen LogP contribution is -2.31. The van der Waals surface area contributed by atoms with E-state index in [-0.39, 0.29) is 5.56 Å². The maximum Gasteiger partial charge on any atom is 0.261 e. The summed E-state index contributed by atoms with van der Waals surface area (Å²) in [4.78, 5) is 18.9. The Hall–Kier alpha value is -1.88. The Morgan fingerprint density at radius 2 is 2.05 bits per heavy atom. The van der Waals surface area contributed by atoms with Gasteiger partial charge < -0.3 is 10.6 Å². The summed E-state index contributed by atoms with van der Waals surface area (Å²) in [6.45, 7) is 7.70. The van der Waals surface area contributed by atoms with Gasteiger partial charge in [-0.1, -0.05) is 13.8 Å². The molecular formula is C14H20N4O. The molecule has 0 atom stereocenters. The monoisotopic (exact) mass is 260 g/mol. The zero-order chi connectivity index (χ0) is 13.8. The van der Waals surface area contributed by atoms with E-state index in [1.165, 1.54) is 0 Å². The summed E-state index contributed by atoms with van der Waals surface area (Å²) >= 11 is 0. The Bertz CT molecular complexity index is 616. The first-order valence-corrected chi connectivity index (χ1v) is 6.62. The van der Waals surface area contributed by atoms with E-state index in [2.05, 4.69) is 23.7 Å². The number of nitrogens with zero attached hydrogens (tertiary/aromatic N) is 3. The standard InChI is InChI=1S/C14H20N4O/c1-3-17(4-2)7-8-18-10-16-13-6-5-11(15)9-12(13)14(18)19/h5-6,9-10H,3-4,7-8,15H2,1-2H3. The normalized spacial score (nSPS) is 11.3. The number of nitrogen functional groups attached to an aromatic ring is 1. The molecule has 0 saturated heterocycles. The number of fused-ring (bicyclic) bond motifs is 1. The van der Waals surface area contributed by atoms with Crippen LogP contribution in [0.15, 0.2) is 29.3 Å². The molecule has 0 spiro atoms. The lowest BCUT2D eigenvalue weighted by molar-refractivity contribution is 0.289. The quantitative estimate of drug-likeness (QED) is 0.824. The molecule has 0 fully saturated rings. The van der Waals surface area contributed by atoms with E-state index in [9.17, 15) is 4.79 Å². The number of hydrogen-bond donors (Lipinski definition) is 1. The van der Waals surface area contributed by atoms with E-state index in [1.807, 2.05) is 0 Å². The molecular weight excluding hydrogens is 240 g/mol. The fraction of sp³-hybridized carbons (Fsp3) is 0.429. The number of likely N-dealkylation sites (N-methyl/N-ethyl adjacent to an activating group) is 1. The van der Waals surface area contributed by atoms with Crippen molar-refractivity contribution in [3.63, 3.8) is 0 Å². The van der Waals surface area contributed by atoms with Gasteiger partial charge in [-0.2, -0.15) is 0 Å². The Morgan fingerprint density at radius 1 is 1.32 bits per heavy atom. The van der Waals surface area contributed by atoms with Crippen molar-refractivity contribution >= 4 is 16.6 Å². The van der Waals surface area contributed by atoms with E-state index >= 15 is 0 Å². The fourth-order valence-electron chi connectivity index (χ4n) is 2.12. The van der Waals surface area contributed by atoms with E-state index in [0.717, 1.165) is 19.6 Å². The molecule has 0 amide bonds. The van der Waals surface area contributed by atoms with Crippen LogP contribution in [0.2, 0.25) is 0 Å². The second-order valence-electron chi connectivity index (χ2n) is 4.55. The summed E-state index contributed by atoms with van der Waals surface area (Å²) in [7, 11) is 0. The Labute approximate surface area is 112 Å². The van der Waals surface area contributed by atoms with Crippen LogP contribution >= 0.6 is 0 Å². The van der Waals surface area contributed by atoms with Gasteiger partial charge in [-0.3, -0.25) is 9.36 Å². The first kappa shape index (κ1) is 13.5. The second kappa shape index (κ2) is 5.84. The molecule has 1 aromatic carbocycles. The molecule has 0 aliphatic carbocycles. The van der Waals surface area contributed by atoms with Gasteiger partial charge in [0.05, 0.1) is 17.2 Å². The summed E-state index contributed by atoms with van der Waals surface area (Å²) < 4.78 is 1.65. The van der Waals surface area contributed by atoms with Crippen LogP contribution in [-0.4, -0.2) is 34.1 Å². The number of hydrogen-bond acceptors (Lipinski definition) is 4. The third-order valence-corrected chi connectivity index (χ3v) is 3.40. The van der Waals surface area contributed by atoms with E-state index in [0.29, 0.717) is 23.1 Å². The maximum absolute atomic E-state index is 12.3. The minimum Gasteiger partial charge on any atom is -0.399 e. The largest absolute Gasteiger partial charge is 0.399 e. The first-order chi connectivity index (χ1) is 9.15. The van der Waals surface area contributed by atoms with Crippen LogP contribution in [0.3, 0.4) is 0 Å². The molecule has 0 radical (unpaired) electrons. The predicted octanol–water partition coefficient (Wildman–Crippen LogP) is 1.32. The molecule has 0 aliphatic heterocycles. The Balaban J connectivity index is 2.29. The van der Waals surface area contributed by atoms with Crippen LogP contribution in [0.5, 0.6) is 0 Å². The van der Waals surface area contributed by atoms with E-state index < -0.39 is 0 Å². The third-order valence-electron chi connectivity index (χ3n) is 3.40.